The summed E-state index contributed by atoms with van der Waals surface area (Å²) in [5.74, 6) is 0. The Kier molecular flexibility index (Phi) is 17.0. The molecule has 38 heavy (non-hydrogen) atoms. The minimum Gasteiger partial charge on any atom is -0.423 e. The Balaban J connectivity index is 0.000000762. The predicted molar refractivity (Wildman–Crippen MR) is 149 cm³/mol. The van der Waals surface area contributed by atoms with Gasteiger partial charge in [0.15, 0.2) is 0 Å². The van der Waals surface area contributed by atoms with Crippen LogP contribution in [-0.2, 0) is 22.2 Å². The van der Waals surface area contributed by atoms with E-state index in [1.54, 1.807) is 11.6 Å². The van der Waals surface area contributed by atoms with Crippen molar-refractivity contribution in [1.82, 2.24) is 0 Å². The number of benzene rings is 2. The highest BCUT2D eigenvalue weighted by molar-refractivity contribution is 5.81. The van der Waals surface area contributed by atoms with E-state index in [4.69, 9.17) is 14.0 Å². The van der Waals surface area contributed by atoms with Crippen LogP contribution in [0.25, 0.3) is 11.0 Å². The average molecular weight is 533 g/mol. The number of fused-ring (bicyclic) bond motifs is 1. The van der Waals surface area contributed by atoms with Crippen LogP contribution in [0.4, 0.5) is 13.2 Å². The van der Waals surface area contributed by atoms with Crippen molar-refractivity contribution < 1.29 is 27.2 Å². The molecular weight excluding hydrogens is 493 g/mol. The minimum atomic E-state index is -4.60. The molecule has 7 heteroatoms. The number of carbonyl (C=O) groups excluding carboxylic acids is 2. The number of hydrogen-bond donors (Lipinski definition) is 0. The smallest absolute Gasteiger partial charge is 0.417 e. The molecule has 1 heterocycles. The van der Waals surface area contributed by atoms with Crippen molar-refractivity contribution in [2.45, 2.75) is 78.8 Å². The fourth-order valence-corrected chi connectivity index (χ4v) is 3.95. The molecule has 208 valence electrons. The molecule has 0 N–H and O–H groups in total. The van der Waals surface area contributed by atoms with E-state index < -0.39 is 17.4 Å². The highest BCUT2D eigenvalue weighted by Gasteiger charge is 2.33. The highest BCUT2D eigenvalue weighted by Crippen LogP contribution is 2.34. The molecule has 0 spiro atoms. The molecule has 0 atom stereocenters. The van der Waals surface area contributed by atoms with Crippen molar-refractivity contribution in [3.63, 3.8) is 0 Å². The molecule has 3 aromatic rings. The normalized spacial score (nSPS) is 12.1. The highest BCUT2D eigenvalue weighted by atomic mass is 19.4. The first-order valence-corrected chi connectivity index (χ1v) is 12.7. The lowest BCUT2D eigenvalue weighted by Crippen LogP contribution is -2.11. The summed E-state index contributed by atoms with van der Waals surface area (Å²) in [7, 11) is 0. The zero-order valence-corrected chi connectivity index (χ0v) is 22.8. The van der Waals surface area contributed by atoms with Crippen molar-refractivity contribution in [1.29, 1.82) is 0 Å². The Morgan fingerprint density at radius 2 is 1.50 bits per heavy atom. The summed E-state index contributed by atoms with van der Waals surface area (Å²) in [5.41, 5.74) is 2.53. The van der Waals surface area contributed by atoms with Gasteiger partial charge in [-0.3, -0.25) is 0 Å². The third-order valence-corrected chi connectivity index (χ3v) is 5.60. The Morgan fingerprint density at radius 3 is 2.03 bits per heavy atom. The van der Waals surface area contributed by atoms with Crippen LogP contribution < -0.4 is 5.63 Å². The fourth-order valence-electron chi connectivity index (χ4n) is 3.95. The summed E-state index contributed by atoms with van der Waals surface area (Å²) in [6.45, 7) is 12.2. The van der Waals surface area contributed by atoms with Gasteiger partial charge in [-0.1, -0.05) is 74.7 Å². The third-order valence-electron chi connectivity index (χ3n) is 5.60. The molecule has 0 fully saturated rings. The lowest BCUT2D eigenvalue weighted by Gasteiger charge is -2.10. The second-order valence-corrected chi connectivity index (χ2v) is 8.33. The van der Waals surface area contributed by atoms with Crippen LogP contribution in [-0.4, -0.2) is 13.6 Å². The lowest BCUT2D eigenvalue weighted by molar-refractivity contribution is -0.136. The van der Waals surface area contributed by atoms with E-state index in [0.717, 1.165) is 16.7 Å². The van der Waals surface area contributed by atoms with Gasteiger partial charge in [0.25, 0.3) is 0 Å². The van der Waals surface area contributed by atoms with E-state index in [2.05, 4.69) is 13.0 Å². The molecule has 0 amide bonds. The van der Waals surface area contributed by atoms with Gasteiger partial charge in [-0.2, -0.15) is 13.2 Å². The van der Waals surface area contributed by atoms with Gasteiger partial charge in [-0.15, -0.1) is 0 Å². The van der Waals surface area contributed by atoms with E-state index in [1.807, 2.05) is 58.6 Å². The fraction of sp³-hybridized carbons (Fsp3) is 0.387. The largest absolute Gasteiger partial charge is 0.423 e. The van der Waals surface area contributed by atoms with Gasteiger partial charge in [0.05, 0.1) is 5.56 Å². The number of alkyl halides is 3. The molecule has 0 unspecified atom stereocenters. The number of carbonyl (C=O) groups is 2. The lowest BCUT2D eigenvalue weighted by atomic mass is 9.96. The van der Waals surface area contributed by atoms with Crippen molar-refractivity contribution in [3.8, 4) is 0 Å². The van der Waals surface area contributed by atoms with E-state index >= 15 is 0 Å². The van der Waals surface area contributed by atoms with Crippen LogP contribution in [0.3, 0.4) is 0 Å². The van der Waals surface area contributed by atoms with Gasteiger partial charge in [0, 0.05) is 11.5 Å². The van der Waals surface area contributed by atoms with E-state index in [0.29, 0.717) is 12.5 Å². The number of allylic oxidation sites excluding steroid dienone is 2. The van der Waals surface area contributed by atoms with Gasteiger partial charge in [-0.25, -0.2) is 4.79 Å². The second kappa shape index (κ2) is 18.7. The molecule has 1 aromatic heterocycles. The molecule has 1 aliphatic carbocycles. The predicted octanol–water partition coefficient (Wildman–Crippen LogP) is 8.65. The molecule has 4 nitrogen and oxygen atoms in total. The van der Waals surface area contributed by atoms with E-state index in [-0.39, 0.29) is 11.0 Å². The van der Waals surface area contributed by atoms with Crippen LogP contribution in [0.15, 0.2) is 69.4 Å². The topological polar surface area (TPSA) is 64.3 Å². The SMILES string of the molecule is C=O.C=O.CC.CCCC1=CCCCC1.Cc1ccc(Cc2ccc3oc(=O)cc(C(F)(F)F)c3c2)cc1. The molecule has 1 aliphatic rings. The molecule has 0 saturated carbocycles. The summed E-state index contributed by atoms with van der Waals surface area (Å²) in [5, 5.41) is -0.0956. The van der Waals surface area contributed by atoms with E-state index in [9.17, 15) is 18.0 Å². The Labute approximate surface area is 223 Å². The third kappa shape index (κ3) is 11.7. The van der Waals surface area contributed by atoms with Crippen LogP contribution in [0, 0.1) is 6.92 Å². The zero-order valence-electron chi connectivity index (χ0n) is 22.8. The molecule has 0 aliphatic heterocycles. The molecule has 0 bridgehead atoms. The van der Waals surface area contributed by atoms with Crippen LogP contribution in [0.1, 0.15) is 81.5 Å². The average Bonchev–Trinajstić information content (AvgIpc) is 2.94. The number of hydrogen-bond acceptors (Lipinski definition) is 4. The maximum Gasteiger partial charge on any atom is 0.417 e. The molecular formula is C31H39F3O4. The molecule has 0 saturated heterocycles. The standard InChI is InChI=1S/C18H13F3O2.C9H16.C2H6.2CH2O/c1-11-2-4-12(5-3-11)8-13-6-7-16-14(9-13)15(18(19,20)21)10-17(22)23-16;1-2-6-9-7-4-3-5-8-9;3*1-2/h2-7,9-10H,8H2,1H3;7H,2-6,8H2,1H3;1-2H3;2*1H2. The quantitative estimate of drug-likeness (QED) is 0.249. The van der Waals surface area contributed by atoms with Crippen LogP contribution in [0.2, 0.25) is 0 Å². The van der Waals surface area contributed by atoms with Crippen molar-refractivity contribution in [2.24, 2.45) is 0 Å². The van der Waals surface area contributed by atoms with Gasteiger partial charge in [0.2, 0.25) is 0 Å². The Morgan fingerprint density at radius 1 is 0.895 bits per heavy atom. The van der Waals surface area contributed by atoms with Crippen molar-refractivity contribution in [2.75, 3.05) is 0 Å². The summed E-state index contributed by atoms with van der Waals surface area (Å²) in [6, 6.07) is 12.8. The Hall–Kier alpha value is -3.48. The minimum absolute atomic E-state index is 0.0579. The Bertz CT molecular complexity index is 1160. The summed E-state index contributed by atoms with van der Waals surface area (Å²) < 4.78 is 44.2. The van der Waals surface area contributed by atoms with Gasteiger partial charge < -0.3 is 14.0 Å². The van der Waals surface area contributed by atoms with Gasteiger partial charge >= 0.3 is 11.8 Å². The summed E-state index contributed by atoms with van der Waals surface area (Å²) >= 11 is 0. The zero-order chi connectivity index (χ0) is 29.1. The first-order valence-electron chi connectivity index (χ1n) is 12.7. The number of rotatable bonds is 4. The monoisotopic (exact) mass is 532 g/mol. The number of aryl methyl sites for hydroxylation is 1. The maximum absolute atomic E-state index is 13.1. The van der Waals surface area contributed by atoms with Crippen molar-refractivity contribution >= 4 is 24.5 Å². The maximum atomic E-state index is 13.1. The van der Waals surface area contributed by atoms with Crippen molar-refractivity contribution in [3.05, 3.63) is 92.9 Å². The van der Waals surface area contributed by atoms with Crippen LogP contribution in [0.5, 0.6) is 0 Å². The van der Waals surface area contributed by atoms with Crippen LogP contribution >= 0.6 is 0 Å². The van der Waals surface area contributed by atoms with Gasteiger partial charge in [0.1, 0.15) is 19.2 Å². The van der Waals surface area contributed by atoms with Gasteiger partial charge in [-0.05, 0) is 68.7 Å². The van der Waals surface area contributed by atoms with E-state index in [1.165, 1.54) is 50.7 Å². The second-order valence-electron chi connectivity index (χ2n) is 8.33. The summed E-state index contributed by atoms with van der Waals surface area (Å²) in [4.78, 5) is 27.3. The summed E-state index contributed by atoms with van der Waals surface area (Å²) in [6.07, 6.45) is 6.60. The molecule has 2 aromatic carbocycles. The first-order chi connectivity index (χ1) is 18.3. The number of halogens is 3. The first kappa shape index (κ1) is 34.5. The molecule has 0 radical (unpaired) electrons. The molecule has 4 rings (SSSR count).